The van der Waals surface area contributed by atoms with E-state index in [0.717, 1.165) is 18.8 Å². The monoisotopic (exact) mass is 315 g/mol. The van der Waals surface area contributed by atoms with Crippen molar-refractivity contribution in [2.75, 3.05) is 26.8 Å². The Morgan fingerprint density at radius 2 is 2.19 bits per heavy atom. The number of aryl methyl sites for hydroxylation is 1. The van der Waals surface area contributed by atoms with Gasteiger partial charge in [-0.25, -0.2) is 13.1 Å². The topological polar surface area (TPSA) is 72.4 Å². The van der Waals surface area contributed by atoms with Crippen LogP contribution in [0, 0.1) is 5.92 Å². The summed E-state index contributed by atoms with van der Waals surface area (Å²) in [4.78, 5) is 0.316. The average molecular weight is 315 g/mol. The van der Waals surface area contributed by atoms with Crippen molar-refractivity contribution in [2.45, 2.75) is 37.8 Å². The van der Waals surface area contributed by atoms with Gasteiger partial charge in [-0.3, -0.25) is 0 Å². The quantitative estimate of drug-likeness (QED) is 0.630. The maximum absolute atomic E-state index is 12.2. The molecule has 1 saturated carbocycles. The normalized spacial score (nSPS) is 15.5. The van der Waals surface area contributed by atoms with E-state index in [1.165, 1.54) is 12.8 Å². The Hall–Kier alpha value is -0.890. The first-order chi connectivity index (χ1) is 10.1. The second-order valence-corrected chi connectivity index (χ2v) is 7.17. The molecule has 0 unspecified atom stereocenters. The molecule has 2 rings (SSSR count). The highest BCUT2D eigenvalue weighted by Gasteiger charge is 2.21. The van der Waals surface area contributed by atoms with Crippen molar-refractivity contribution >= 4 is 10.0 Å². The average Bonchev–Trinajstić information content (AvgIpc) is 3.17. The third-order valence-corrected chi connectivity index (χ3v) is 4.99. The van der Waals surface area contributed by atoms with Crippen LogP contribution in [0.15, 0.2) is 17.2 Å². The zero-order chi connectivity index (χ0) is 15.3. The Labute approximate surface area is 126 Å². The van der Waals surface area contributed by atoms with Crippen LogP contribution in [0.2, 0.25) is 0 Å². The zero-order valence-electron chi connectivity index (χ0n) is 12.8. The van der Waals surface area contributed by atoms with Crippen LogP contribution in [0.5, 0.6) is 0 Å². The number of nitrogens with one attached hydrogen (secondary N) is 2. The molecule has 1 aromatic rings. The number of hydrogen-bond donors (Lipinski definition) is 2. The molecule has 120 valence electrons. The van der Waals surface area contributed by atoms with E-state index in [1.807, 2.05) is 18.5 Å². The molecular weight excluding hydrogens is 290 g/mol. The van der Waals surface area contributed by atoms with Crippen LogP contribution in [0.4, 0.5) is 0 Å². The van der Waals surface area contributed by atoms with Gasteiger partial charge in [0.25, 0.3) is 0 Å². The first-order valence-corrected chi connectivity index (χ1v) is 8.96. The van der Waals surface area contributed by atoms with Gasteiger partial charge >= 0.3 is 0 Å². The Balaban J connectivity index is 1.88. The van der Waals surface area contributed by atoms with E-state index in [1.54, 1.807) is 12.3 Å². The maximum Gasteiger partial charge on any atom is 0.242 e. The number of aromatic nitrogens is 1. The standard InChI is InChI=1S/C14H25N3O3S/c1-3-17-10-14(8-13(17)9-15-2)21(18,19)16-6-7-20-11-12-4-5-12/h8,10,12,15-16H,3-7,9,11H2,1-2H3. The highest BCUT2D eigenvalue weighted by molar-refractivity contribution is 7.89. The first kappa shape index (κ1) is 16.5. The van der Waals surface area contributed by atoms with Crippen LogP contribution in [0.3, 0.4) is 0 Å². The first-order valence-electron chi connectivity index (χ1n) is 7.48. The minimum absolute atomic E-state index is 0.313. The molecule has 0 bridgehead atoms. The summed E-state index contributed by atoms with van der Waals surface area (Å²) in [6.07, 6.45) is 4.16. The lowest BCUT2D eigenvalue weighted by atomic mass is 10.4. The van der Waals surface area contributed by atoms with Crippen LogP contribution in [-0.2, 0) is 27.8 Å². The molecule has 6 nitrogen and oxygen atoms in total. The molecule has 1 fully saturated rings. The lowest BCUT2D eigenvalue weighted by molar-refractivity contribution is 0.129. The molecule has 0 amide bonds. The highest BCUT2D eigenvalue weighted by atomic mass is 32.2. The zero-order valence-corrected chi connectivity index (χ0v) is 13.6. The minimum Gasteiger partial charge on any atom is -0.380 e. The molecule has 0 spiro atoms. The summed E-state index contributed by atoms with van der Waals surface area (Å²) >= 11 is 0. The van der Waals surface area contributed by atoms with Crippen LogP contribution < -0.4 is 10.0 Å². The van der Waals surface area contributed by atoms with E-state index in [0.29, 0.717) is 30.5 Å². The largest absolute Gasteiger partial charge is 0.380 e. The molecule has 0 radical (unpaired) electrons. The third-order valence-electron chi connectivity index (χ3n) is 3.56. The second-order valence-electron chi connectivity index (χ2n) is 5.40. The Kier molecular flexibility index (Phi) is 5.80. The predicted molar refractivity (Wildman–Crippen MR) is 81.6 cm³/mol. The summed E-state index contributed by atoms with van der Waals surface area (Å²) in [5.74, 6) is 0.698. The summed E-state index contributed by atoms with van der Waals surface area (Å²) in [5, 5.41) is 3.04. The number of nitrogens with zero attached hydrogens (tertiary/aromatic N) is 1. The van der Waals surface area contributed by atoms with E-state index in [4.69, 9.17) is 4.74 Å². The van der Waals surface area contributed by atoms with Crippen molar-refractivity contribution < 1.29 is 13.2 Å². The molecule has 0 aliphatic heterocycles. The Morgan fingerprint density at radius 1 is 1.43 bits per heavy atom. The van der Waals surface area contributed by atoms with Gasteiger partial charge in [-0.05, 0) is 38.8 Å². The summed E-state index contributed by atoms with van der Waals surface area (Å²) in [6, 6.07) is 1.72. The van der Waals surface area contributed by atoms with Gasteiger partial charge in [0, 0.05) is 38.1 Å². The van der Waals surface area contributed by atoms with Crippen molar-refractivity contribution in [3.8, 4) is 0 Å². The van der Waals surface area contributed by atoms with Gasteiger partial charge in [0.1, 0.15) is 0 Å². The van der Waals surface area contributed by atoms with Gasteiger partial charge in [-0.15, -0.1) is 0 Å². The van der Waals surface area contributed by atoms with Gasteiger partial charge in [-0.2, -0.15) is 0 Å². The molecule has 0 aromatic carbocycles. The van der Waals surface area contributed by atoms with Gasteiger partial charge in [0.15, 0.2) is 0 Å². The number of sulfonamides is 1. The number of ether oxygens (including phenoxy) is 1. The van der Waals surface area contributed by atoms with Gasteiger partial charge in [0.05, 0.1) is 11.5 Å². The predicted octanol–water partition coefficient (Wildman–Crippen LogP) is 0.932. The molecular formula is C14H25N3O3S. The van der Waals surface area contributed by atoms with Gasteiger partial charge < -0.3 is 14.6 Å². The summed E-state index contributed by atoms with van der Waals surface area (Å²) in [7, 11) is -1.61. The highest BCUT2D eigenvalue weighted by Crippen LogP contribution is 2.28. The fraction of sp³-hybridized carbons (Fsp3) is 0.714. The van der Waals surface area contributed by atoms with E-state index < -0.39 is 10.0 Å². The van der Waals surface area contributed by atoms with E-state index in [9.17, 15) is 8.42 Å². The van der Waals surface area contributed by atoms with Crippen molar-refractivity contribution in [3.63, 3.8) is 0 Å². The maximum atomic E-state index is 12.2. The third kappa shape index (κ3) is 4.81. The van der Waals surface area contributed by atoms with E-state index >= 15 is 0 Å². The van der Waals surface area contributed by atoms with Crippen molar-refractivity contribution in [1.82, 2.24) is 14.6 Å². The molecule has 21 heavy (non-hydrogen) atoms. The van der Waals surface area contributed by atoms with Crippen LogP contribution in [-0.4, -0.2) is 39.8 Å². The van der Waals surface area contributed by atoms with Crippen molar-refractivity contribution in [3.05, 3.63) is 18.0 Å². The van der Waals surface area contributed by atoms with Crippen LogP contribution in [0.1, 0.15) is 25.5 Å². The fourth-order valence-electron chi connectivity index (χ4n) is 2.16. The molecule has 1 aromatic heterocycles. The molecule has 1 aliphatic rings. The van der Waals surface area contributed by atoms with E-state index in [2.05, 4.69) is 10.0 Å². The summed E-state index contributed by atoms with van der Waals surface area (Å²) in [5.41, 5.74) is 0.963. The minimum atomic E-state index is -3.45. The second kappa shape index (κ2) is 7.40. The lowest BCUT2D eigenvalue weighted by Crippen LogP contribution is -2.27. The summed E-state index contributed by atoms with van der Waals surface area (Å²) < 4.78 is 34.4. The Morgan fingerprint density at radius 3 is 2.81 bits per heavy atom. The molecule has 0 saturated heterocycles. The SMILES string of the molecule is CCn1cc(S(=O)(=O)NCCOCC2CC2)cc1CNC. The van der Waals surface area contributed by atoms with Crippen LogP contribution >= 0.6 is 0 Å². The van der Waals surface area contributed by atoms with Crippen LogP contribution in [0.25, 0.3) is 0 Å². The molecule has 0 atom stereocenters. The number of hydrogen-bond acceptors (Lipinski definition) is 4. The molecule has 1 heterocycles. The smallest absolute Gasteiger partial charge is 0.242 e. The number of rotatable bonds is 10. The molecule has 2 N–H and O–H groups in total. The summed E-state index contributed by atoms with van der Waals surface area (Å²) in [6.45, 7) is 4.88. The Bertz CT molecular complexity index is 550. The fourth-order valence-corrected chi connectivity index (χ4v) is 3.24. The van der Waals surface area contributed by atoms with Gasteiger partial charge in [-0.1, -0.05) is 0 Å². The van der Waals surface area contributed by atoms with E-state index in [-0.39, 0.29) is 0 Å². The molecule has 7 heteroatoms. The van der Waals surface area contributed by atoms with Gasteiger partial charge in [0.2, 0.25) is 10.0 Å². The molecule has 1 aliphatic carbocycles. The van der Waals surface area contributed by atoms with Crippen molar-refractivity contribution in [1.29, 1.82) is 0 Å². The lowest BCUT2D eigenvalue weighted by Gasteiger charge is -2.05. The van der Waals surface area contributed by atoms with Crippen molar-refractivity contribution in [2.24, 2.45) is 5.92 Å².